The van der Waals surface area contributed by atoms with Gasteiger partial charge in [0.2, 0.25) is 0 Å². The number of esters is 1. The second kappa shape index (κ2) is 6.78. The van der Waals surface area contributed by atoms with Crippen molar-refractivity contribution < 1.29 is 35.9 Å². The van der Waals surface area contributed by atoms with E-state index in [1.54, 1.807) is 0 Å². The van der Waals surface area contributed by atoms with Crippen LogP contribution in [0.5, 0.6) is 0 Å². The molecule has 2 rings (SSSR count). The van der Waals surface area contributed by atoms with Crippen molar-refractivity contribution in [2.75, 3.05) is 7.11 Å². The van der Waals surface area contributed by atoms with Crippen LogP contribution >= 0.6 is 12.2 Å². The van der Waals surface area contributed by atoms with Crippen molar-refractivity contribution in [3.05, 3.63) is 46.2 Å². The molecule has 1 aromatic rings. The molecular formula is C15H12F6N2O2S. The lowest BCUT2D eigenvalue weighted by atomic mass is 9.92. The zero-order chi connectivity index (χ0) is 19.9. The Balaban J connectivity index is 2.70. The van der Waals surface area contributed by atoms with Crippen LogP contribution in [0.2, 0.25) is 0 Å². The first-order chi connectivity index (χ1) is 11.8. The maximum atomic E-state index is 13.0. The van der Waals surface area contributed by atoms with Gasteiger partial charge in [0.05, 0.1) is 29.9 Å². The third-order valence-corrected chi connectivity index (χ3v) is 3.84. The van der Waals surface area contributed by atoms with Crippen LogP contribution < -0.4 is 10.6 Å². The van der Waals surface area contributed by atoms with E-state index in [0.29, 0.717) is 12.1 Å². The normalized spacial score (nSPS) is 18.3. The lowest BCUT2D eigenvalue weighted by molar-refractivity contribution is -0.143. The summed E-state index contributed by atoms with van der Waals surface area (Å²) in [4.78, 5) is 12.0. The molecule has 1 aromatic carbocycles. The number of carbonyl (C=O) groups is 1. The third-order valence-electron chi connectivity index (χ3n) is 3.62. The molecule has 0 aliphatic carbocycles. The van der Waals surface area contributed by atoms with E-state index < -0.39 is 41.1 Å². The van der Waals surface area contributed by atoms with Crippen LogP contribution in [0, 0.1) is 0 Å². The molecule has 11 heteroatoms. The van der Waals surface area contributed by atoms with E-state index in [1.165, 1.54) is 6.92 Å². The molecule has 0 unspecified atom stereocenters. The summed E-state index contributed by atoms with van der Waals surface area (Å²) in [5, 5.41) is 5.05. The molecule has 0 fully saturated rings. The molecule has 0 saturated carbocycles. The van der Waals surface area contributed by atoms with Gasteiger partial charge < -0.3 is 15.4 Å². The largest absolute Gasteiger partial charge is 0.466 e. The minimum absolute atomic E-state index is 0.0112. The second-order valence-corrected chi connectivity index (χ2v) is 5.81. The van der Waals surface area contributed by atoms with Gasteiger partial charge in [0, 0.05) is 5.70 Å². The van der Waals surface area contributed by atoms with Crippen LogP contribution in [0.4, 0.5) is 26.3 Å². The molecule has 0 spiro atoms. The van der Waals surface area contributed by atoms with Gasteiger partial charge in [-0.15, -0.1) is 0 Å². The van der Waals surface area contributed by atoms with Crippen molar-refractivity contribution in [2.45, 2.75) is 25.3 Å². The van der Waals surface area contributed by atoms with Crippen LogP contribution in [0.25, 0.3) is 0 Å². The van der Waals surface area contributed by atoms with Crippen molar-refractivity contribution in [3.63, 3.8) is 0 Å². The number of allylic oxidation sites excluding steroid dienone is 1. The number of rotatable bonds is 2. The molecule has 0 amide bonds. The van der Waals surface area contributed by atoms with Crippen molar-refractivity contribution in [3.8, 4) is 0 Å². The highest BCUT2D eigenvalue weighted by Gasteiger charge is 2.39. The van der Waals surface area contributed by atoms with Crippen LogP contribution in [0.1, 0.15) is 29.7 Å². The fourth-order valence-corrected chi connectivity index (χ4v) is 2.74. The Kier molecular flexibility index (Phi) is 5.22. The molecule has 2 N–H and O–H groups in total. The summed E-state index contributed by atoms with van der Waals surface area (Å²) < 4.78 is 82.9. The number of halogens is 6. The van der Waals surface area contributed by atoms with E-state index in [1.807, 2.05) is 0 Å². The van der Waals surface area contributed by atoms with Gasteiger partial charge in [-0.05, 0) is 42.9 Å². The Bertz CT molecular complexity index is 753. The van der Waals surface area contributed by atoms with Gasteiger partial charge in [0.15, 0.2) is 5.11 Å². The van der Waals surface area contributed by atoms with Gasteiger partial charge in [-0.1, -0.05) is 0 Å². The van der Waals surface area contributed by atoms with Crippen molar-refractivity contribution in [1.29, 1.82) is 0 Å². The summed E-state index contributed by atoms with van der Waals surface area (Å²) in [5.74, 6) is -0.916. The number of hydrogen-bond acceptors (Lipinski definition) is 3. The average Bonchev–Trinajstić information content (AvgIpc) is 2.51. The number of methoxy groups -OCH3 is 1. The van der Waals surface area contributed by atoms with Crippen LogP contribution in [-0.2, 0) is 21.9 Å². The summed E-state index contributed by atoms with van der Waals surface area (Å²) in [6.07, 6.45) is -10.0. The Hall–Kier alpha value is -2.30. The van der Waals surface area contributed by atoms with Gasteiger partial charge >= 0.3 is 18.3 Å². The van der Waals surface area contributed by atoms with E-state index in [0.717, 1.165) is 7.11 Å². The predicted molar refractivity (Wildman–Crippen MR) is 82.8 cm³/mol. The molecule has 4 nitrogen and oxygen atoms in total. The first kappa shape index (κ1) is 20.0. The van der Waals surface area contributed by atoms with Crippen LogP contribution in [0.15, 0.2) is 29.5 Å². The molecule has 1 aliphatic heterocycles. The molecule has 0 aromatic heterocycles. The molecule has 26 heavy (non-hydrogen) atoms. The highest BCUT2D eigenvalue weighted by atomic mass is 32.1. The number of alkyl halides is 6. The molecule has 0 bridgehead atoms. The number of thiocarbonyl (C=S) groups is 1. The average molecular weight is 398 g/mol. The minimum Gasteiger partial charge on any atom is -0.466 e. The fraction of sp³-hybridized carbons (Fsp3) is 0.333. The highest BCUT2D eigenvalue weighted by molar-refractivity contribution is 7.80. The van der Waals surface area contributed by atoms with E-state index in [4.69, 9.17) is 12.2 Å². The zero-order valence-corrected chi connectivity index (χ0v) is 14.1. The molecule has 0 saturated heterocycles. The SMILES string of the molecule is COC(=O)C1=C(C)NC(=S)N[C@@H]1c1cc(C(F)(F)F)cc(C(F)(F)F)c1. The van der Waals surface area contributed by atoms with Crippen molar-refractivity contribution in [2.24, 2.45) is 0 Å². The number of hydrogen-bond donors (Lipinski definition) is 2. The van der Waals surface area contributed by atoms with Crippen LogP contribution in [0.3, 0.4) is 0 Å². The van der Waals surface area contributed by atoms with Crippen molar-refractivity contribution in [1.82, 2.24) is 10.6 Å². The third kappa shape index (κ3) is 4.09. The van der Waals surface area contributed by atoms with E-state index in [9.17, 15) is 31.1 Å². The summed E-state index contributed by atoms with van der Waals surface area (Å²) in [7, 11) is 1.04. The summed E-state index contributed by atoms with van der Waals surface area (Å²) in [6.45, 7) is 1.41. The van der Waals surface area contributed by atoms with Gasteiger partial charge in [-0.25, -0.2) is 4.79 Å². The quantitative estimate of drug-likeness (QED) is 0.452. The number of benzene rings is 1. The first-order valence-electron chi connectivity index (χ1n) is 7.00. The molecule has 142 valence electrons. The molecule has 1 heterocycles. The number of ether oxygens (including phenoxy) is 1. The molecule has 0 radical (unpaired) electrons. The summed E-state index contributed by atoms with van der Waals surface area (Å²) in [5.41, 5.74) is -3.41. The topological polar surface area (TPSA) is 50.4 Å². The van der Waals surface area contributed by atoms with E-state index in [-0.39, 0.29) is 22.4 Å². The maximum Gasteiger partial charge on any atom is 0.416 e. The van der Waals surface area contributed by atoms with Gasteiger partial charge in [0.1, 0.15) is 0 Å². The Labute approximate surface area is 149 Å². The van der Waals surface area contributed by atoms with Gasteiger partial charge in [0.25, 0.3) is 0 Å². The maximum absolute atomic E-state index is 13.0. The smallest absolute Gasteiger partial charge is 0.416 e. The summed E-state index contributed by atoms with van der Waals surface area (Å²) in [6, 6.07) is -0.245. The number of nitrogens with one attached hydrogen (secondary N) is 2. The van der Waals surface area contributed by atoms with E-state index >= 15 is 0 Å². The first-order valence-corrected chi connectivity index (χ1v) is 7.41. The Morgan fingerprint density at radius 2 is 1.58 bits per heavy atom. The highest BCUT2D eigenvalue weighted by Crippen LogP contribution is 2.39. The lowest BCUT2D eigenvalue weighted by Gasteiger charge is -2.30. The summed E-state index contributed by atoms with van der Waals surface area (Å²) >= 11 is 4.90. The molecule has 1 atom stereocenters. The standard InChI is InChI=1S/C15H12F6N2O2S/c1-6-10(12(24)25-2)11(23-13(26)22-6)7-3-8(14(16,17)18)5-9(4-7)15(19,20)21/h3-5,11H,1-2H3,(H2,22,23,26)/t11-/m1/s1. The van der Waals surface area contributed by atoms with E-state index in [2.05, 4.69) is 15.4 Å². The van der Waals surface area contributed by atoms with Gasteiger partial charge in [-0.2, -0.15) is 26.3 Å². The second-order valence-electron chi connectivity index (χ2n) is 5.40. The number of carbonyl (C=O) groups excluding carboxylic acids is 1. The Morgan fingerprint density at radius 1 is 1.08 bits per heavy atom. The predicted octanol–water partition coefficient (Wildman–Crippen LogP) is 3.69. The Morgan fingerprint density at radius 3 is 2.00 bits per heavy atom. The zero-order valence-electron chi connectivity index (χ0n) is 13.3. The minimum atomic E-state index is -5.01. The van der Waals surface area contributed by atoms with Gasteiger partial charge in [-0.3, -0.25) is 0 Å². The lowest BCUT2D eigenvalue weighted by Crippen LogP contribution is -2.45. The van der Waals surface area contributed by atoms with Crippen LogP contribution in [-0.4, -0.2) is 18.2 Å². The van der Waals surface area contributed by atoms with Crippen molar-refractivity contribution >= 4 is 23.3 Å². The molecular weight excluding hydrogens is 386 g/mol. The monoisotopic (exact) mass is 398 g/mol. The molecule has 1 aliphatic rings. The fourth-order valence-electron chi connectivity index (χ4n) is 2.47.